The molecule has 0 saturated carbocycles. The minimum Gasteiger partial charge on any atom is -0.497 e. The monoisotopic (exact) mass is 258 g/mol. The molecule has 0 aliphatic rings. The molecule has 3 heteroatoms. The highest BCUT2D eigenvalue weighted by Crippen LogP contribution is 2.32. The molecule has 1 aromatic heterocycles. The lowest BCUT2D eigenvalue weighted by molar-refractivity contribution is 0.415. The molecule has 3 nitrogen and oxygen atoms in total. The number of nitrogens with zero attached hydrogens (tertiary/aromatic N) is 2. The van der Waals surface area contributed by atoms with E-state index in [1.54, 1.807) is 7.11 Å². The Morgan fingerprint density at radius 3 is 2.37 bits per heavy atom. The Kier molecular flexibility index (Phi) is 3.93. The number of rotatable bonds is 4. The van der Waals surface area contributed by atoms with E-state index in [-0.39, 0.29) is 0 Å². The van der Waals surface area contributed by atoms with Crippen molar-refractivity contribution in [1.29, 1.82) is 0 Å². The summed E-state index contributed by atoms with van der Waals surface area (Å²) in [7, 11) is 1.70. The molecule has 1 heterocycles. The van der Waals surface area contributed by atoms with Gasteiger partial charge < -0.3 is 9.64 Å². The molecule has 0 aliphatic heterocycles. The molecule has 0 N–H and O–H groups in total. The highest BCUT2D eigenvalue weighted by molar-refractivity contribution is 5.92. The summed E-state index contributed by atoms with van der Waals surface area (Å²) < 4.78 is 5.42. The Labute approximate surface area is 115 Å². The van der Waals surface area contributed by atoms with Crippen molar-refractivity contribution in [3.05, 3.63) is 30.5 Å². The van der Waals surface area contributed by atoms with Gasteiger partial charge in [0.1, 0.15) is 5.75 Å². The van der Waals surface area contributed by atoms with Crippen LogP contribution in [0.4, 0.5) is 5.69 Å². The zero-order valence-corrected chi connectivity index (χ0v) is 12.3. The fourth-order valence-corrected chi connectivity index (χ4v) is 2.61. The van der Waals surface area contributed by atoms with Gasteiger partial charge in [0.15, 0.2) is 0 Å². The number of benzene rings is 1. The Morgan fingerprint density at radius 1 is 1.11 bits per heavy atom. The second-order valence-corrected chi connectivity index (χ2v) is 5.32. The average molecular weight is 258 g/mol. The van der Waals surface area contributed by atoms with Gasteiger partial charge in [-0.25, -0.2) is 0 Å². The fourth-order valence-electron chi connectivity index (χ4n) is 2.61. The molecule has 102 valence electrons. The molecule has 0 radical (unpaired) electrons. The topological polar surface area (TPSA) is 25.4 Å². The minimum atomic E-state index is 0.414. The summed E-state index contributed by atoms with van der Waals surface area (Å²) >= 11 is 0. The lowest BCUT2D eigenvalue weighted by Crippen LogP contribution is -2.37. The molecule has 1 aromatic carbocycles. The number of pyridine rings is 1. The Bertz CT molecular complexity index is 556. The molecular formula is C16H22N2O. The molecule has 0 atom stereocenters. The van der Waals surface area contributed by atoms with Crippen LogP contribution in [0.2, 0.25) is 0 Å². The first-order chi connectivity index (χ1) is 9.04. The van der Waals surface area contributed by atoms with Gasteiger partial charge in [0.2, 0.25) is 0 Å². The van der Waals surface area contributed by atoms with Gasteiger partial charge in [0.05, 0.1) is 18.3 Å². The number of hydrogen-bond acceptors (Lipinski definition) is 3. The van der Waals surface area contributed by atoms with Crippen molar-refractivity contribution in [2.45, 2.75) is 39.8 Å². The molecule has 0 amide bonds. The molecule has 0 fully saturated rings. The second kappa shape index (κ2) is 5.47. The maximum Gasteiger partial charge on any atom is 0.121 e. The smallest absolute Gasteiger partial charge is 0.121 e. The van der Waals surface area contributed by atoms with E-state index in [0.29, 0.717) is 12.1 Å². The number of anilines is 1. The van der Waals surface area contributed by atoms with Gasteiger partial charge in [-0.2, -0.15) is 0 Å². The normalized spacial score (nSPS) is 11.3. The Morgan fingerprint density at radius 2 is 1.79 bits per heavy atom. The first kappa shape index (κ1) is 13.7. The summed E-state index contributed by atoms with van der Waals surface area (Å²) in [6.45, 7) is 8.81. The Hall–Kier alpha value is -1.77. The lowest BCUT2D eigenvalue weighted by atomic mass is 10.1. The van der Waals surface area contributed by atoms with E-state index in [2.05, 4.69) is 49.7 Å². The third-order valence-electron chi connectivity index (χ3n) is 3.28. The predicted molar refractivity (Wildman–Crippen MR) is 81.0 cm³/mol. The number of methoxy groups -OCH3 is 1. The van der Waals surface area contributed by atoms with Gasteiger partial charge in [0.25, 0.3) is 0 Å². The zero-order valence-electron chi connectivity index (χ0n) is 12.3. The van der Waals surface area contributed by atoms with Gasteiger partial charge in [-0.15, -0.1) is 0 Å². The van der Waals surface area contributed by atoms with Crippen molar-refractivity contribution >= 4 is 16.6 Å². The van der Waals surface area contributed by atoms with E-state index < -0.39 is 0 Å². The van der Waals surface area contributed by atoms with Gasteiger partial charge >= 0.3 is 0 Å². The van der Waals surface area contributed by atoms with Crippen LogP contribution < -0.4 is 9.64 Å². The van der Waals surface area contributed by atoms with Gasteiger partial charge in [-0.05, 0) is 39.8 Å². The summed E-state index contributed by atoms with van der Waals surface area (Å²) in [6, 6.07) is 8.98. The highest BCUT2D eigenvalue weighted by Gasteiger charge is 2.18. The third kappa shape index (κ3) is 2.65. The highest BCUT2D eigenvalue weighted by atomic mass is 16.5. The van der Waals surface area contributed by atoms with E-state index in [9.17, 15) is 0 Å². The molecule has 0 bridgehead atoms. The van der Waals surface area contributed by atoms with Crippen LogP contribution in [0, 0.1) is 0 Å². The molecule has 0 aliphatic carbocycles. The zero-order chi connectivity index (χ0) is 14.0. The standard InChI is InChI=1S/C16H22N2O/c1-11(2)18(12(3)4)15-10-14(19-5)9-13-7-6-8-17-16(13)15/h6-12H,1-5H3. The van der Waals surface area contributed by atoms with E-state index in [1.807, 2.05) is 18.3 Å². The average Bonchev–Trinajstić information content (AvgIpc) is 2.37. The third-order valence-corrected chi connectivity index (χ3v) is 3.28. The van der Waals surface area contributed by atoms with Crippen LogP contribution in [0.3, 0.4) is 0 Å². The van der Waals surface area contributed by atoms with Crippen molar-refractivity contribution in [2.75, 3.05) is 12.0 Å². The fraction of sp³-hybridized carbons (Fsp3) is 0.438. The first-order valence-electron chi connectivity index (χ1n) is 6.75. The van der Waals surface area contributed by atoms with Crippen molar-refractivity contribution in [1.82, 2.24) is 4.98 Å². The van der Waals surface area contributed by atoms with Gasteiger partial charge in [-0.1, -0.05) is 6.07 Å². The molecule has 0 unspecified atom stereocenters. The van der Waals surface area contributed by atoms with Crippen LogP contribution in [0.25, 0.3) is 10.9 Å². The van der Waals surface area contributed by atoms with Crippen LogP contribution in [0.1, 0.15) is 27.7 Å². The quantitative estimate of drug-likeness (QED) is 0.832. The van der Waals surface area contributed by atoms with E-state index in [0.717, 1.165) is 22.3 Å². The largest absolute Gasteiger partial charge is 0.497 e. The van der Waals surface area contributed by atoms with E-state index in [4.69, 9.17) is 4.74 Å². The number of aromatic nitrogens is 1. The van der Waals surface area contributed by atoms with Crippen LogP contribution in [-0.2, 0) is 0 Å². The molecule has 0 saturated heterocycles. The van der Waals surface area contributed by atoms with Crippen LogP contribution in [-0.4, -0.2) is 24.2 Å². The molecular weight excluding hydrogens is 236 g/mol. The van der Waals surface area contributed by atoms with Crippen LogP contribution in [0.15, 0.2) is 30.5 Å². The molecule has 0 spiro atoms. The van der Waals surface area contributed by atoms with Crippen LogP contribution in [0.5, 0.6) is 5.75 Å². The summed E-state index contributed by atoms with van der Waals surface area (Å²) in [5, 5.41) is 1.11. The van der Waals surface area contributed by atoms with Crippen molar-refractivity contribution in [3.8, 4) is 5.75 Å². The van der Waals surface area contributed by atoms with Crippen molar-refractivity contribution in [2.24, 2.45) is 0 Å². The predicted octanol–water partition coefficient (Wildman–Crippen LogP) is 3.87. The van der Waals surface area contributed by atoms with Crippen molar-refractivity contribution < 1.29 is 4.74 Å². The van der Waals surface area contributed by atoms with E-state index in [1.165, 1.54) is 0 Å². The SMILES string of the molecule is COc1cc(N(C(C)C)C(C)C)c2ncccc2c1. The van der Waals surface area contributed by atoms with Crippen LogP contribution >= 0.6 is 0 Å². The van der Waals surface area contributed by atoms with E-state index >= 15 is 0 Å². The molecule has 19 heavy (non-hydrogen) atoms. The number of ether oxygens (including phenoxy) is 1. The lowest BCUT2D eigenvalue weighted by Gasteiger charge is -2.33. The van der Waals surface area contributed by atoms with Crippen molar-refractivity contribution in [3.63, 3.8) is 0 Å². The van der Waals surface area contributed by atoms with Gasteiger partial charge in [0, 0.05) is 29.7 Å². The maximum absolute atomic E-state index is 5.42. The molecule has 2 rings (SSSR count). The summed E-state index contributed by atoms with van der Waals surface area (Å²) in [5.74, 6) is 0.877. The number of fused-ring (bicyclic) bond motifs is 1. The number of hydrogen-bond donors (Lipinski definition) is 0. The summed E-state index contributed by atoms with van der Waals surface area (Å²) in [4.78, 5) is 6.92. The second-order valence-electron chi connectivity index (χ2n) is 5.32. The maximum atomic E-state index is 5.42. The van der Waals surface area contributed by atoms with Gasteiger partial charge in [-0.3, -0.25) is 4.98 Å². The molecule has 2 aromatic rings. The summed E-state index contributed by atoms with van der Waals surface area (Å²) in [5.41, 5.74) is 2.17. The minimum absolute atomic E-state index is 0.414. The first-order valence-corrected chi connectivity index (χ1v) is 6.75. The Balaban J connectivity index is 2.69. The summed E-state index contributed by atoms with van der Waals surface area (Å²) in [6.07, 6.45) is 1.84.